The van der Waals surface area contributed by atoms with E-state index in [2.05, 4.69) is 0 Å². The first-order valence-electron chi connectivity index (χ1n) is 6.58. The summed E-state index contributed by atoms with van der Waals surface area (Å²) >= 11 is 0. The van der Waals surface area contributed by atoms with Crippen LogP contribution in [0.3, 0.4) is 0 Å². The molecule has 2 aromatic carbocycles. The van der Waals surface area contributed by atoms with E-state index >= 15 is 0 Å². The van der Waals surface area contributed by atoms with Crippen LogP contribution < -0.4 is 74.0 Å². The Morgan fingerprint density at radius 2 is 1.14 bits per heavy atom. The van der Waals surface area contributed by atoms with Crippen LogP contribution in [-0.4, -0.2) is 33.0 Å². The Kier molecular flexibility index (Phi) is 14.6. The van der Waals surface area contributed by atoms with Crippen molar-refractivity contribution in [3.05, 3.63) is 79.9 Å². The topological polar surface area (TPSA) is 198 Å². The summed E-state index contributed by atoms with van der Waals surface area (Å²) in [5.74, 6) is -2.83. The van der Waals surface area contributed by atoms with E-state index in [-0.39, 0.29) is 86.3 Å². The van der Waals surface area contributed by atoms with E-state index in [4.69, 9.17) is 14.7 Å². The van der Waals surface area contributed by atoms with Gasteiger partial charge in [0.1, 0.15) is 5.56 Å². The van der Waals surface area contributed by atoms with Gasteiger partial charge in [-0.1, -0.05) is 24.3 Å². The Morgan fingerprint density at radius 3 is 1.39 bits per heavy atom. The van der Waals surface area contributed by atoms with Crippen molar-refractivity contribution in [3.8, 4) is 0 Å². The fourth-order valence-corrected chi connectivity index (χ4v) is 1.62. The van der Waals surface area contributed by atoms with Crippen LogP contribution in [0.1, 0.15) is 20.7 Å². The minimum Gasteiger partial charge on any atom is -0.545 e. The smallest absolute Gasteiger partial charge is 0.545 e. The van der Waals surface area contributed by atoms with Crippen LogP contribution in [0.2, 0.25) is 0 Å². The summed E-state index contributed by atoms with van der Waals surface area (Å²) < 4.78 is 0. The number of carbonyl (C=O) groups is 2. The zero-order valence-corrected chi connectivity index (χ0v) is 20.4. The molecule has 0 spiro atoms. The van der Waals surface area contributed by atoms with Crippen LogP contribution in [0.25, 0.3) is 0 Å². The van der Waals surface area contributed by atoms with Gasteiger partial charge in [0, 0.05) is 12.1 Å². The number of benzene rings is 2. The van der Waals surface area contributed by atoms with Gasteiger partial charge >= 0.3 is 81.0 Å². The molecule has 0 aliphatic heterocycles. The summed E-state index contributed by atoms with van der Waals surface area (Å²) in [4.78, 5) is 56.0. The second kappa shape index (κ2) is 14.6. The van der Waals surface area contributed by atoms with Crippen LogP contribution >= 0.6 is 0 Å². The van der Waals surface area contributed by atoms with Crippen molar-refractivity contribution in [1.29, 1.82) is 0 Å². The molecule has 28 heavy (non-hydrogen) atoms. The number of rotatable bonds is 4. The Hall–Kier alpha value is -2.39. The second-order valence-electron chi connectivity index (χ2n) is 4.22. The number of carbonyl (C=O) groups excluding carboxylic acids is 3. The summed E-state index contributed by atoms with van der Waals surface area (Å²) in [7, 11) is 0. The normalized spacial score (nSPS) is 8.29. The van der Waals surface area contributed by atoms with Gasteiger partial charge in [0.25, 0.3) is 11.4 Å². The van der Waals surface area contributed by atoms with E-state index in [1.807, 2.05) is 0 Å². The van der Waals surface area contributed by atoms with Crippen molar-refractivity contribution in [2.75, 3.05) is 0 Å². The molecule has 1 N–H and O–H groups in total. The van der Waals surface area contributed by atoms with E-state index in [0.717, 1.165) is 18.2 Å². The van der Waals surface area contributed by atoms with Crippen LogP contribution in [0.15, 0.2) is 48.5 Å². The molecule has 0 unspecified atom stereocenters. The molecule has 0 heterocycles. The third kappa shape index (κ3) is 9.52. The molecule has 0 atom stereocenters. The molecule has 0 aliphatic rings. The quantitative estimate of drug-likeness (QED) is 0.263. The fourth-order valence-electron chi connectivity index (χ4n) is 1.62. The van der Waals surface area contributed by atoms with Crippen molar-refractivity contribution >= 4 is 29.5 Å². The zero-order chi connectivity index (χ0) is 21.0. The van der Waals surface area contributed by atoms with Crippen LogP contribution in [-0.2, 0) is 9.59 Å². The Balaban J connectivity index is 0. The van der Waals surface area contributed by atoms with Crippen LogP contribution in [0.4, 0.5) is 11.4 Å². The van der Waals surface area contributed by atoms with E-state index in [0.29, 0.717) is 0 Å². The van der Waals surface area contributed by atoms with Gasteiger partial charge in [-0.15, -0.1) is 0 Å². The van der Waals surface area contributed by atoms with Crippen molar-refractivity contribution < 1.29 is 108 Å². The second-order valence-corrected chi connectivity index (χ2v) is 4.22. The number of para-hydroxylation sites is 2. The minimum atomic E-state index is -1.54. The number of aromatic carboxylic acids is 2. The summed E-state index contributed by atoms with van der Waals surface area (Å²) in [6.07, 6.45) is 0.250. The molecule has 0 bridgehead atoms. The Morgan fingerprint density at radius 1 is 0.821 bits per heavy atom. The Bertz CT molecular complexity index is 760. The summed E-state index contributed by atoms with van der Waals surface area (Å²) in [6, 6.07) is 10.3. The van der Waals surface area contributed by atoms with Crippen molar-refractivity contribution in [2.24, 2.45) is 0 Å². The van der Waals surface area contributed by atoms with Gasteiger partial charge in [0.2, 0.25) is 0 Å². The number of nitro benzene ring substituents is 2. The maximum Gasteiger partial charge on any atom is 1.00 e. The molecular formula is C15H9CsN2O10. The summed E-state index contributed by atoms with van der Waals surface area (Å²) in [5.41, 5.74) is -1.52. The van der Waals surface area contributed by atoms with Gasteiger partial charge in [0.15, 0.2) is 0 Å². The van der Waals surface area contributed by atoms with E-state index in [1.54, 1.807) is 0 Å². The number of carboxylic acid groups (broad SMARTS) is 2. The number of carboxylic acids is 2. The van der Waals surface area contributed by atoms with Gasteiger partial charge in [-0.05, 0) is 12.1 Å². The van der Waals surface area contributed by atoms with Gasteiger partial charge in [-0.3, -0.25) is 20.2 Å². The minimum absolute atomic E-state index is 0. The average Bonchev–Trinajstić information content (AvgIpc) is 2.62. The molecule has 2 aromatic rings. The van der Waals surface area contributed by atoms with Crippen molar-refractivity contribution in [1.82, 2.24) is 0 Å². The van der Waals surface area contributed by atoms with E-state index < -0.39 is 33.0 Å². The Labute approximate surface area is 214 Å². The molecule has 12 nitrogen and oxygen atoms in total. The molecule has 0 amide bonds. The molecule has 2 rings (SSSR count). The first kappa shape index (κ1) is 27.8. The molecule has 0 fully saturated rings. The summed E-state index contributed by atoms with van der Waals surface area (Å²) in [6.45, 7) is 0. The SMILES string of the molecule is O=C([O-])c1ccccc1[N+](=O)[O-].O=[13C](O)c1ccccc1[N+](=O)[O-].O=[13C]=O.[Cs+]. The molecule has 0 saturated heterocycles. The van der Waals surface area contributed by atoms with Crippen molar-refractivity contribution in [3.63, 3.8) is 0 Å². The van der Waals surface area contributed by atoms with Crippen LogP contribution in [0, 0.1) is 20.2 Å². The molecule has 0 aromatic heterocycles. The summed E-state index contributed by atoms with van der Waals surface area (Å²) in [5, 5.41) is 39.3. The van der Waals surface area contributed by atoms with Gasteiger partial charge in [0.05, 0.1) is 21.4 Å². The molecule has 13 heteroatoms. The largest absolute Gasteiger partial charge is 1.00 e. The maximum atomic E-state index is 10.4. The molecule has 0 aliphatic carbocycles. The fraction of sp³-hybridized carbons (Fsp3) is 0. The number of nitro groups is 2. The van der Waals surface area contributed by atoms with Crippen LogP contribution in [0.5, 0.6) is 0 Å². The van der Waals surface area contributed by atoms with Crippen molar-refractivity contribution in [2.45, 2.75) is 0 Å². The number of hydrogen-bond acceptors (Lipinski definition) is 9. The average molecular weight is 512 g/mol. The zero-order valence-electron chi connectivity index (χ0n) is 14.1. The first-order chi connectivity index (χ1) is 12.7. The number of hydrogen-bond donors (Lipinski definition) is 1. The monoisotopic (exact) mass is 512 g/mol. The van der Waals surface area contributed by atoms with Gasteiger partial charge in [-0.2, -0.15) is 9.59 Å². The molecule has 0 saturated carbocycles. The van der Waals surface area contributed by atoms with Gasteiger partial charge < -0.3 is 15.0 Å². The predicted molar refractivity (Wildman–Crippen MR) is 82.5 cm³/mol. The van der Waals surface area contributed by atoms with E-state index in [1.165, 1.54) is 30.3 Å². The third-order valence-corrected chi connectivity index (χ3v) is 2.65. The number of nitrogens with zero attached hydrogens (tertiary/aromatic N) is 2. The van der Waals surface area contributed by atoms with E-state index in [9.17, 15) is 34.9 Å². The molecule has 0 radical (unpaired) electrons. The standard InChI is InChI=1S/2C7H5NO4.CO2.Cs/c2*9-7(10)5-3-1-2-4-6(5)8(11)12;2-1-3;/h2*1-4H,(H,9,10);;/q;;;+1/p-1/i7+1;;1+1;. The van der Waals surface area contributed by atoms with Gasteiger partial charge in [-0.25, -0.2) is 4.79 Å². The molecule has 140 valence electrons. The predicted octanol–water partition coefficient (Wildman–Crippen LogP) is -2.33. The first-order valence-corrected chi connectivity index (χ1v) is 6.58. The maximum absolute atomic E-state index is 10.4. The molecular weight excluding hydrogens is 503 g/mol. The third-order valence-electron chi connectivity index (χ3n) is 2.65.